The summed E-state index contributed by atoms with van der Waals surface area (Å²) < 4.78 is 5.71. The lowest BCUT2D eigenvalue weighted by Gasteiger charge is -2.08. The topological polar surface area (TPSA) is 62.8 Å². The van der Waals surface area contributed by atoms with E-state index in [-0.39, 0.29) is 0 Å². The van der Waals surface area contributed by atoms with Gasteiger partial charge in [-0.1, -0.05) is 6.92 Å². The Balaban J connectivity index is 2.14. The molecule has 0 aliphatic heterocycles. The van der Waals surface area contributed by atoms with Gasteiger partial charge in [0.2, 0.25) is 5.88 Å². The molecule has 2 aromatic heterocycles. The minimum absolute atomic E-state index is 0.575. The van der Waals surface area contributed by atoms with Crippen molar-refractivity contribution in [3.63, 3.8) is 0 Å². The van der Waals surface area contributed by atoms with E-state index in [4.69, 9.17) is 4.74 Å². The number of hydrogen-bond acceptors (Lipinski definition) is 4. The van der Waals surface area contributed by atoms with Crippen molar-refractivity contribution in [1.82, 2.24) is 20.5 Å². The van der Waals surface area contributed by atoms with Gasteiger partial charge in [0.1, 0.15) is 5.75 Å². The maximum absolute atomic E-state index is 5.71. The first-order valence-corrected chi connectivity index (χ1v) is 5.63. The van der Waals surface area contributed by atoms with Crippen LogP contribution in [-0.4, -0.2) is 21.7 Å². The molecule has 2 N–H and O–H groups in total. The lowest BCUT2D eigenvalue weighted by Crippen LogP contribution is -2.12. The van der Waals surface area contributed by atoms with Gasteiger partial charge in [-0.25, -0.2) is 0 Å². The minimum atomic E-state index is 0.575. The van der Waals surface area contributed by atoms with Gasteiger partial charge in [0.15, 0.2) is 0 Å². The highest BCUT2D eigenvalue weighted by Crippen LogP contribution is 2.23. The standard InChI is InChI=1S/C12H16N4O/c1-3-13-7-10-8-14-5-4-11(10)17-12-6-9(2)15-16-12/h4-6,8,13H,3,7H2,1-2H3,(H,15,16). The van der Waals surface area contributed by atoms with E-state index in [0.29, 0.717) is 5.88 Å². The SMILES string of the molecule is CCNCc1cnccc1Oc1cc(C)[nH]n1. The summed E-state index contributed by atoms with van der Waals surface area (Å²) in [5, 5.41) is 10.1. The molecule has 2 rings (SSSR count). The summed E-state index contributed by atoms with van der Waals surface area (Å²) in [5.74, 6) is 1.36. The molecule has 2 aromatic rings. The zero-order chi connectivity index (χ0) is 12.1. The van der Waals surface area contributed by atoms with Crippen molar-refractivity contribution in [3.05, 3.63) is 35.8 Å². The van der Waals surface area contributed by atoms with Crippen molar-refractivity contribution in [2.45, 2.75) is 20.4 Å². The maximum Gasteiger partial charge on any atom is 0.238 e. The van der Waals surface area contributed by atoms with Crippen molar-refractivity contribution in [2.75, 3.05) is 6.54 Å². The Morgan fingerprint density at radius 1 is 1.47 bits per heavy atom. The van der Waals surface area contributed by atoms with Crippen LogP contribution in [0.1, 0.15) is 18.2 Å². The number of hydrogen-bond donors (Lipinski definition) is 2. The third-order valence-electron chi connectivity index (χ3n) is 2.32. The smallest absolute Gasteiger partial charge is 0.238 e. The number of aryl methyl sites for hydroxylation is 1. The van der Waals surface area contributed by atoms with Crippen LogP contribution in [0.25, 0.3) is 0 Å². The molecule has 0 aliphatic rings. The van der Waals surface area contributed by atoms with Crippen LogP contribution >= 0.6 is 0 Å². The van der Waals surface area contributed by atoms with Crippen LogP contribution in [0, 0.1) is 6.92 Å². The normalized spacial score (nSPS) is 10.5. The first kappa shape index (κ1) is 11.6. The second kappa shape index (κ2) is 5.45. The van der Waals surface area contributed by atoms with Gasteiger partial charge < -0.3 is 10.1 Å². The number of aromatic nitrogens is 3. The molecule has 0 fully saturated rings. The molecule has 5 heteroatoms. The Morgan fingerprint density at radius 2 is 2.35 bits per heavy atom. The first-order valence-electron chi connectivity index (χ1n) is 5.63. The molecule has 0 amide bonds. The molecule has 2 heterocycles. The van der Waals surface area contributed by atoms with Gasteiger partial charge in [0.05, 0.1) is 0 Å². The van der Waals surface area contributed by atoms with Gasteiger partial charge in [-0.2, -0.15) is 0 Å². The number of H-pyrrole nitrogens is 1. The molecular weight excluding hydrogens is 216 g/mol. The van der Waals surface area contributed by atoms with Crippen LogP contribution in [0.15, 0.2) is 24.5 Å². The number of pyridine rings is 1. The fourth-order valence-electron chi connectivity index (χ4n) is 1.46. The molecule has 0 aliphatic carbocycles. The summed E-state index contributed by atoms with van der Waals surface area (Å²) in [4.78, 5) is 4.10. The number of aromatic amines is 1. The van der Waals surface area contributed by atoms with E-state index >= 15 is 0 Å². The maximum atomic E-state index is 5.71. The molecule has 17 heavy (non-hydrogen) atoms. The molecule has 5 nitrogen and oxygen atoms in total. The second-order valence-electron chi connectivity index (χ2n) is 3.75. The minimum Gasteiger partial charge on any atom is -0.437 e. The number of nitrogens with one attached hydrogen (secondary N) is 2. The first-order chi connectivity index (χ1) is 8.29. The van der Waals surface area contributed by atoms with Crippen molar-refractivity contribution in [1.29, 1.82) is 0 Å². The number of ether oxygens (including phenoxy) is 1. The third-order valence-corrected chi connectivity index (χ3v) is 2.32. The van der Waals surface area contributed by atoms with E-state index in [2.05, 4.69) is 27.4 Å². The zero-order valence-electron chi connectivity index (χ0n) is 10.0. The molecule has 0 atom stereocenters. The predicted molar refractivity (Wildman–Crippen MR) is 65.0 cm³/mol. The van der Waals surface area contributed by atoms with Crippen LogP contribution in [0.4, 0.5) is 0 Å². The van der Waals surface area contributed by atoms with Gasteiger partial charge in [0.25, 0.3) is 0 Å². The summed E-state index contributed by atoms with van der Waals surface area (Å²) in [6, 6.07) is 3.70. The molecule has 0 spiro atoms. The molecule has 0 unspecified atom stereocenters. The van der Waals surface area contributed by atoms with Gasteiger partial charge in [-0.15, -0.1) is 5.10 Å². The fraction of sp³-hybridized carbons (Fsp3) is 0.333. The van der Waals surface area contributed by atoms with E-state index in [0.717, 1.165) is 30.1 Å². The lowest BCUT2D eigenvalue weighted by molar-refractivity contribution is 0.452. The van der Waals surface area contributed by atoms with Crippen molar-refractivity contribution < 1.29 is 4.74 Å². The van der Waals surface area contributed by atoms with Crippen LogP contribution < -0.4 is 10.1 Å². The number of nitrogens with zero attached hydrogens (tertiary/aromatic N) is 2. The third kappa shape index (κ3) is 3.04. The van der Waals surface area contributed by atoms with Gasteiger partial charge in [0, 0.05) is 36.3 Å². The Hall–Kier alpha value is -1.88. The highest BCUT2D eigenvalue weighted by molar-refractivity contribution is 5.33. The average molecular weight is 232 g/mol. The Labute approximate surface area is 100 Å². The van der Waals surface area contributed by atoms with Crippen molar-refractivity contribution >= 4 is 0 Å². The van der Waals surface area contributed by atoms with Crippen LogP contribution in [-0.2, 0) is 6.54 Å². The van der Waals surface area contributed by atoms with E-state index in [1.165, 1.54) is 0 Å². The summed E-state index contributed by atoms with van der Waals surface area (Å²) in [6.07, 6.45) is 3.52. The molecule has 0 saturated heterocycles. The molecule has 0 radical (unpaired) electrons. The summed E-state index contributed by atoms with van der Waals surface area (Å²) in [7, 11) is 0. The highest BCUT2D eigenvalue weighted by Gasteiger charge is 2.06. The lowest BCUT2D eigenvalue weighted by atomic mass is 10.2. The van der Waals surface area contributed by atoms with Gasteiger partial charge >= 0.3 is 0 Å². The molecule has 0 saturated carbocycles. The Morgan fingerprint density at radius 3 is 3.06 bits per heavy atom. The van der Waals surface area contributed by atoms with E-state index in [9.17, 15) is 0 Å². The summed E-state index contributed by atoms with van der Waals surface area (Å²) in [6.45, 7) is 5.65. The molecule has 0 bridgehead atoms. The van der Waals surface area contributed by atoms with Crippen LogP contribution in [0.3, 0.4) is 0 Å². The summed E-state index contributed by atoms with van der Waals surface area (Å²) >= 11 is 0. The molecular formula is C12H16N4O. The molecule has 0 aromatic carbocycles. The predicted octanol–water partition coefficient (Wildman–Crippen LogP) is 2.01. The van der Waals surface area contributed by atoms with E-state index < -0.39 is 0 Å². The molecule has 90 valence electrons. The van der Waals surface area contributed by atoms with Gasteiger partial charge in [-0.3, -0.25) is 10.1 Å². The quantitative estimate of drug-likeness (QED) is 0.827. The fourth-order valence-corrected chi connectivity index (χ4v) is 1.46. The Bertz CT molecular complexity index is 481. The number of rotatable bonds is 5. The monoisotopic (exact) mass is 232 g/mol. The van der Waals surface area contributed by atoms with E-state index in [1.54, 1.807) is 12.4 Å². The Kier molecular flexibility index (Phi) is 3.72. The highest BCUT2D eigenvalue weighted by atomic mass is 16.5. The summed E-state index contributed by atoms with van der Waals surface area (Å²) in [5.41, 5.74) is 2.00. The van der Waals surface area contributed by atoms with Crippen LogP contribution in [0.5, 0.6) is 11.6 Å². The van der Waals surface area contributed by atoms with E-state index in [1.807, 2.05) is 19.1 Å². The average Bonchev–Trinajstić information content (AvgIpc) is 2.74. The second-order valence-corrected chi connectivity index (χ2v) is 3.75. The largest absolute Gasteiger partial charge is 0.437 e. The van der Waals surface area contributed by atoms with Crippen molar-refractivity contribution in [3.8, 4) is 11.6 Å². The van der Waals surface area contributed by atoms with Crippen molar-refractivity contribution in [2.24, 2.45) is 0 Å². The van der Waals surface area contributed by atoms with Crippen LogP contribution in [0.2, 0.25) is 0 Å². The van der Waals surface area contributed by atoms with Gasteiger partial charge in [-0.05, 0) is 19.5 Å². The zero-order valence-corrected chi connectivity index (χ0v) is 10.0.